The molecule has 0 atom stereocenters. The number of fused-ring (bicyclic) bond motifs is 1. The van der Waals surface area contributed by atoms with Crippen molar-refractivity contribution in [2.24, 2.45) is 0 Å². The second-order valence-electron chi connectivity index (χ2n) is 8.35. The van der Waals surface area contributed by atoms with E-state index in [1.165, 1.54) is 11.3 Å². The first-order valence-corrected chi connectivity index (χ1v) is 11.9. The van der Waals surface area contributed by atoms with Crippen LogP contribution in [0.4, 0.5) is 5.69 Å². The maximum Gasteiger partial charge on any atom is 0.155 e. The molecule has 5 rings (SSSR count). The van der Waals surface area contributed by atoms with Gasteiger partial charge in [-0.25, -0.2) is 17.6 Å². The Balaban J connectivity index is 1.49. The molecule has 0 amide bonds. The van der Waals surface area contributed by atoms with Gasteiger partial charge in [-0.05, 0) is 42.8 Å². The maximum absolute atomic E-state index is 5.00. The molecule has 4 heterocycles. The second-order valence-corrected chi connectivity index (χ2v) is 9.72. The Morgan fingerprint density at radius 3 is 2.65 bits per heavy atom. The van der Waals surface area contributed by atoms with Crippen molar-refractivity contribution < 1.29 is 0 Å². The lowest BCUT2D eigenvalue weighted by atomic mass is 10.1. The van der Waals surface area contributed by atoms with E-state index in [1.54, 1.807) is 10.8 Å². The molecular formula is C25H25IN8. The fourth-order valence-corrected chi connectivity index (χ4v) is 4.71. The van der Waals surface area contributed by atoms with Crippen molar-refractivity contribution in [2.75, 3.05) is 19.0 Å². The van der Waals surface area contributed by atoms with Gasteiger partial charge in [0.2, 0.25) is 0 Å². The van der Waals surface area contributed by atoms with E-state index < -0.39 is 0 Å². The van der Waals surface area contributed by atoms with Gasteiger partial charge in [0.15, 0.2) is 5.65 Å². The molecule has 5 aromatic rings. The molecule has 8 nitrogen and oxygen atoms in total. The van der Waals surface area contributed by atoms with E-state index in [0.29, 0.717) is 6.54 Å². The molecule has 9 heteroatoms. The highest BCUT2D eigenvalue weighted by Crippen LogP contribution is 2.30. The predicted molar refractivity (Wildman–Crippen MR) is 143 cm³/mol. The molecule has 0 saturated heterocycles. The van der Waals surface area contributed by atoms with E-state index in [0.717, 1.165) is 46.4 Å². The third-order valence-electron chi connectivity index (χ3n) is 5.58. The van der Waals surface area contributed by atoms with Crippen LogP contribution in [0.5, 0.6) is 0 Å². The number of aromatic amines is 1. The number of aryl methyl sites for hydroxylation is 1. The summed E-state index contributed by atoms with van der Waals surface area (Å²) >= 11 is 2.37. The maximum atomic E-state index is 5.00. The topological polar surface area (TPSA) is 78.2 Å². The molecule has 0 fully saturated rings. The molecule has 0 aliphatic rings. The number of halogens is 1. The van der Waals surface area contributed by atoms with Crippen LogP contribution in [0, 0.1) is 6.92 Å². The van der Waals surface area contributed by atoms with Gasteiger partial charge < -0.3 is 9.88 Å². The standard InChI is InChI=1S/C25H25IN8/c1-17-7-6-9-20(29-17)25-24(19-11-12-23-27-16-28-34(23)14-19)30-22(31-25)15-33(26)13-18-8-4-5-10-21(18)32(2)3/h4-12,14,16H,13,15H2,1-3H3,(H,30,31). The first-order valence-electron chi connectivity index (χ1n) is 11.0. The van der Waals surface area contributed by atoms with Gasteiger partial charge in [-0.1, -0.05) is 24.3 Å². The first-order chi connectivity index (χ1) is 16.5. The minimum atomic E-state index is 0.659. The number of benzene rings is 1. The minimum Gasteiger partial charge on any atom is -0.377 e. The highest BCUT2D eigenvalue weighted by molar-refractivity contribution is 14.1. The van der Waals surface area contributed by atoms with Gasteiger partial charge in [0, 0.05) is 66.6 Å². The quantitative estimate of drug-likeness (QED) is 0.224. The summed E-state index contributed by atoms with van der Waals surface area (Å²) in [5, 5.41) is 4.28. The van der Waals surface area contributed by atoms with E-state index >= 15 is 0 Å². The van der Waals surface area contributed by atoms with Crippen molar-refractivity contribution in [1.82, 2.24) is 32.7 Å². The van der Waals surface area contributed by atoms with E-state index in [2.05, 4.69) is 84.3 Å². The zero-order valence-electron chi connectivity index (χ0n) is 19.3. The number of imidazole rings is 1. The number of aromatic nitrogens is 6. The van der Waals surface area contributed by atoms with Gasteiger partial charge in [-0.2, -0.15) is 5.10 Å². The molecular weight excluding hydrogens is 539 g/mol. The summed E-state index contributed by atoms with van der Waals surface area (Å²) < 4.78 is 4.00. The zero-order valence-corrected chi connectivity index (χ0v) is 21.4. The lowest BCUT2D eigenvalue weighted by Crippen LogP contribution is -2.16. The van der Waals surface area contributed by atoms with Gasteiger partial charge in [0.05, 0.1) is 23.6 Å². The van der Waals surface area contributed by atoms with Crippen LogP contribution in [0.15, 0.2) is 67.1 Å². The molecule has 4 aromatic heterocycles. The Morgan fingerprint density at radius 1 is 0.971 bits per heavy atom. The summed E-state index contributed by atoms with van der Waals surface area (Å²) in [6.45, 7) is 3.46. The molecule has 0 radical (unpaired) electrons. The van der Waals surface area contributed by atoms with Crippen LogP contribution in [0.2, 0.25) is 0 Å². The van der Waals surface area contributed by atoms with Gasteiger partial charge in [-0.15, -0.1) is 0 Å². The highest BCUT2D eigenvalue weighted by atomic mass is 127. The molecule has 34 heavy (non-hydrogen) atoms. The Labute approximate surface area is 212 Å². The van der Waals surface area contributed by atoms with Crippen LogP contribution < -0.4 is 4.90 Å². The third kappa shape index (κ3) is 4.66. The second kappa shape index (κ2) is 9.51. The molecule has 1 N–H and O–H groups in total. The number of H-pyrrole nitrogens is 1. The lowest BCUT2D eigenvalue weighted by Gasteiger charge is -2.20. The van der Waals surface area contributed by atoms with E-state index in [-0.39, 0.29) is 0 Å². The van der Waals surface area contributed by atoms with Crippen molar-refractivity contribution in [1.29, 1.82) is 0 Å². The number of anilines is 1. The van der Waals surface area contributed by atoms with Gasteiger partial charge >= 0.3 is 0 Å². The van der Waals surface area contributed by atoms with Crippen molar-refractivity contribution in [3.63, 3.8) is 0 Å². The molecule has 0 saturated carbocycles. The number of nitrogens with zero attached hydrogens (tertiary/aromatic N) is 7. The number of hydrogen-bond acceptors (Lipinski definition) is 6. The Morgan fingerprint density at radius 2 is 1.82 bits per heavy atom. The Hall–Kier alpha value is -3.31. The normalized spacial score (nSPS) is 11.4. The average Bonchev–Trinajstić information content (AvgIpc) is 3.45. The Kier molecular flexibility index (Phi) is 6.29. The van der Waals surface area contributed by atoms with Crippen LogP contribution in [0.1, 0.15) is 17.1 Å². The molecule has 0 unspecified atom stereocenters. The molecule has 0 aliphatic heterocycles. The monoisotopic (exact) mass is 564 g/mol. The number of hydrogen-bond donors (Lipinski definition) is 1. The van der Waals surface area contributed by atoms with Crippen molar-refractivity contribution in [3.8, 4) is 22.6 Å². The zero-order chi connectivity index (χ0) is 23.7. The molecule has 1 aromatic carbocycles. The van der Waals surface area contributed by atoms with Crippen LogP contribution in [-0.4, -0.2) is 46.8 Å². The van der Waals surface area contributed by atoms with Crippen LogP contribution >= 0.6 is 22.9 Å². The largest absolute Gasteiger partial charge is 0.377 e. The number of nitrogens with one attached hydrogen (secondary N) is 1. The predicted octanol–water partition coefficient (Wildman–Crippen LogP) is 4.91. The fourth-order valence-electron chi connectivity index (χ4n) is 4.01. The van der Waals surface area contributed by atoms with Crippen LogP contribution in [-0.2, 0) is 13.1 Å². The van der Waals surface area contributed by atoms with Crippen molar-refractivity contribution >= 4 is 34.2 Å². The third-order valence-corrected chi connectivity index (χ3v) is 6.26. The average molecular weight is 564 g/mol. The van der Waals surface area contributed by atoms with E-state index in [9.17, 15) is 0 Å². The summed E-state index contributed by atoms with van der Waals surface area (Å²) in [4.78, 5) is 19.7. The molecule has 0 spiro atoms. The summed E-state index contributed by atoms with van der Waals surface area (Å²) in [7, 11) is 4.14. The molecule has 0 bridgehead atoms. The van der Waals surface area contributed by atoms with Gasteiger partial charge in [0.25, 0.3) is 0 Å². The molecule has 0 aliphatic carbocycles. The summed E-state index contributed by atoms with van der Waals surface area (Å²) in [5.41, 5.74) is 7.82. The van der Waals surface area contributed by atoms with E-state index in [1.807, 2.05) is 43.5 Å². The van der Waals surface area contributed by atoms with Crippen LogP contribution in [0.25, 0.3) is 28.3 Å². The van der Waals surface area contributed by atoms with Crippen molar-refractivity contribution in [2.45, 2.75) is 20.0 Å². The van der Waals surface area contributed by atoms with Crippen molar-refractivity contribution in [3.05, 3.63) is 84.2 Å². The summed E-state index contributed by atoms with van der Waals surface area (Å²) in [6.07, 6.45) is 3.51. The Bertz CT molecular complexity index is 1440. The number of para-hydroxylation sites is 1. The minimum absolute atomic E-state index is 0.659. The summed E-state index contributed by atoms with van der Waals surface area (Å²) in [5.74, 6) is 0.878. The lowest BCUT2D eigenvalue weighted by molar-refractivity contribution is 0.490. The smallest absolute Gasteiger partial charge is 0.155 e. The molecule has 172 valence electrons. The first kappa shape index (κ1) is 22.5. The summed E-state index contributed by atoms with van der Waals surface area (Å²) in [6, 6.07) is 18.5. The highest BCUT2D eigenvalue weighted by Gasteiger charge is 2.18. The van der Waals surface area contributed by atoms with Crippen LogP contribution in [0.3, 0.4) is 0 Å². The fraction of sp³-hybridized carbons (Fsp3) is 0.200. The number of rotatable bonds is 7. The number of pyridine rings is 2. The SMILES string of the molecule is Cc1cccc(-c2[nH]c(CN(I)Cc3ccccc3N(C)C)nc2-c2ccc3ncnn3c2)n1. The van der Waals surface area contributed by atoms with Gasteiger partial charge in [-0.3, -0.25) is 4.98 Å². The van der Waals surface area contributed by atoms with Gasteiger partial charge in [0.1, 0.15) is 12.2 Å². The van der Waals surface area contributed by atoms with E-state index in [4.69, 9.17) is 9.97 Å².